The minimum atomic E-state index is -0.289. The molecule has 0 aliphatic carbocycles. The van der Waals surface area contributed by atoms with E-state index in [9.17, 15) is 4.79 Å². The van der Waals surface area contributed by atoms with Crippen molar-refractivity contribution in [3.63, 3.8) is 0 Å². The van der Waals surface area contributed by atoms with Crippen LogP contribution in [0.25, 0.3) is 0 Å². The first kappa shape index (κ1) is 19.5. The smallest absolute Gasteiger partial charge is 0.298 e. The van der Waals surface area contributed by atoms with Crippen molar-refractivity contribution >= 4 is 11.6 Å². The summed E-state index contributed by atoms with van der Waals surface area (Å²) in [7, 11) is 7.66. The summed E-state index contributed by atoms with van der Waals surface area (Å²) in [6.45, 7) is 7.09. The molecule has 0 radical (unpaired) electrons. The second kappa shape index (κ2) is 8.31. The van der Waals surface area contributed by atoms with Crippen molar-refractivity contribution in [3.8, 4) is 5.75 Å². The average molecular weight is 322 g/mol. The number of anilines is 1. The number of unbranched alkanes of at least 4 members (excludes halogenated alkanes) is 1. The van der Waals surface area contributed by atoms with Gasteiger partial charge in [0.15, 0.2) is 0 Å². The molecule has 0 heterocycles. The maximum atomic E-state index is 12.8. The Labute approximate surface area is 140 Å². The van der Waals surface area contributed by atoms with E-state index in [4.69, 9.17) is 4.74 Å². The van der Waals surface area contributed by atoms with Gasteiger partial charge in [-0.1, -0.05) is 13.3 Å². The molecule has 0 saturated carbocycles. The minimum absolute atomic E-state index is 0.00929. The van der Waals surface area contributed by atoms with E-state index in [0.717, 1.165) is 42.0 Å². The van der Waals surface area contributed by atoms with Crippen molar-refractivity contribution in [2.24, 2.45) is 0 Å². The Kier molecular flexibility index (Phi) is 7.03. The lowest BCUT2D eigenvalue weighted by atomic mass is 10.1. The van der Waals surface area contributed by atoms with Crippen LogP contribution in [0.5, 0.6) is 5.75 Å². The van der Waals surface area contributed by atoms with Crippen LogP contribution in [0.3, 0.4) is 0 Å². The highest BCUT2D eigenvalue weighted by atomic mass is 16.5. The van der Waals surface area contributed by atoms with Crippen LogP contribution in [0.1, 0.15) is 30.9 Å². The number of quaternary nitrogens is 1. The molecule has 5 heteroatoms. The third-order valence-electron chi connectivity index (χ3n) is 4.30. The van der Waals surface area contributed by atoms with E-state index in [1.165, 1.54) is 0 Å². The number of nitrogens with zero attached hydrogens (tertiary/aromatic N) is 1. The van der Waals surface area contributed by atoms with Gasteiger partial charge < -0.3 is 14.5 Å². The first-order valence-electron chi connectivity index (χ1n) is 8.22. The van der Waals surface area contributed by atoms with Gasteiger partial charge in [-0.15, -0.1) is 0 Å². The second-order valence-electron chi connectivity index (χ2n) is 6.67. The predicted octanol–water partition coefficient (Wildman–Crippen LogP) is 2.67. The number of amides is 1. The number of rotatable bonds is 8. The van der Waals surface area contributed by atoms with E-state index in [1.807, 2.05) is 33.0 Å². The Morgan fingerprint density at radius 1 is 1.26 bits per heavy atom. The van der Waals surface area contributed by atoms with Gasteiger partial charge in [-0.05, 0) is 50.6 Å². The molecule has 1 atom stereocenters. The number of hydrogen-bond acceptors (Lipinski definition) is 3. The zero-order chi connectivity index (χ0) is 17.6. The zero-order valence-electron chi connectivity index (χ0n) is 15.6. The van der Waals surface area contributed by atoms with Crippen LogP contribution in [0.4, 0.5) is 5.69 Å². The quantitative estimate of drug-likeness (QED) is 0.571. The van der Waals surface area contributed by atoms with Gasteiger partial charge in [-0.3, -0.25) is 10.1 Å². The lowest BCUT2D eigenvalue weighted by Gasteiger charge is -2.36. The Hall–Kier alpha value is -1.59. The van der Waals surface area contributed by atoms with Gasteiger partial charge in [0, 0.05) is 5.69 Å². The Morgan fingerprint density at radius 3 is 2.26 bits per heavy atom. The lowest BCUT2D eigenvalue weighted by molar-refractivity contribution is -0.908. The maximum Gasteiger partial charge on any atom is 0.298 e. The van der Waals surface area contributed by atoms with Crippen molar-refractivity contribution in [2.75, 3.05) is 40.1 Å². The van der Waals surface area contributed by atoms with Gasteiger partial charge >= 0.3 is 0 Å². The fourth-order valence-corrected chi connectivity index (χ4v) is 2.92. The second-order valence-corrected chi connectivity index (χ2v) is 6.67. The van der Waals surface area contributed by atoms with Gasteiger partial charge in [0.2, 0.25) is 6.17 Å². The molecule has 1 unspecified atom stereocenters. The van der Waals surface area contributed by atoms with Crippen LogP contribution < -0.4 is 15.4 Å². The molecule has 2 N–H and O–H groups in total. The molecule has 0 saturated heterocycles. The first-order chi connectivity index (χ1) is 10.8. The highest BCUT2D eigenvalue weighted by Crippen LogP contribution is 2.26. The third-order valence-corrected chi connectivity index (χ3v) is 4.30. The summed E-state index contributed by atoms with van der Waals surface area (Å²) in [4.78, 5) is 12.8. The Balaban J connectivity index is 2.97. The van der Waals surface area contributed by atoms with E-state index >= 15 is 0 Å². The maximum absolute atomic E-state index is 12.8. The van der Waals surface area contributed by atoms with Crippen molar-refractivity contribution in [3.05, 3.63) is 23.3 Å². The molecule has 0 bridgehead atoms. The molecule has 0 aliphatic rings. The highest BCUT2D eigenvalue weighted by Gasteiger charge is 2.33. The summed E-state index contributed by atoms with van der Waals surface area (Å²) in [5, 5.41) is 6.26. The van der Waals surface area contributed by atoms with Gasteiger partial charge in [-0.2, -0.15) is 0 Å². The summed E-state index contributed by atoms with van der Waals surface area (Å²) in [5.41, 5.74) is 2.87. The Morgan fingerprint density at radius 2 is 1.83 bits per heavy atom. The molecular weight excluding hydrogens is 290 g/mol. The fourth-order valence-electron chi connectivity index (χ4n) is 2.92. The number of hydrogen-bond donors (Lipinski definition) is 2. The van der Waals surface area contributed by atoms with Crippen molar-refractivity contribution in [1.82, 2.24) is 5.32 Å². The number of methoxy groups -OCH3 is 1. The molecule has 0 aliphatic heterocycles. The number of aryl methyl sites for hydroxylation is 2. The number of benzene rings is 1. The zero-order valence-corrected chi connectivity index (χ0v) is 15.6. The fraction of sp³-hybridized carbons (Fsp3) is 0.611. The van der Waals surface area contributed by atoms with Gasteiger partial charge in [0.25, 0.3) is 5.91 Å². The van der Waals surface area contributed by atoms with E-state index < -0.39 is 0 Å². The number of carbonyl (C=O) groups is 1. The topological polar surface area (TPSA) is 50.4 Å². The summed E-state index contributed by atoms with van der Waals surface area (Å²) < 4.78 is 5.89. The standard InChI is InChI=1S/C18H31N3O2/c1-8-9-10-21(5,6)17(19-4)18(22)20-16-13(2)11-15(23-7)12-14(16)3/h11-12,17,19H,8-10H2,1-7H3/p+1. The predicted molar refractivity (Wildman–Crippen MR) is 95.8 cm³/mol. The third kappa shape index (κ3) is 4.94. The molecule has 1 rings (SSSR count). The molecule has 1 aromatic rings. The van der Waals surface area contributed by atoms with E-state index in [1.54, 1.807) is 7.11 Å². The molecule has 130 valence electrons. The summed E-state index contributed by atoms with van der Waals surface area (Å²) in [6, 6.07) is 3.88. The molecule has 0 spiro atoms. The van der Waals surface area contributed by atoms with Crippen molar-refractivity contribution in [1.29, 1.82) is 0 Å². The number of nitrogens with one attached hydrogen (secondary N) is 2. The molecule has 0 fully saturated rings. The van der Waals surface area contributed by atoms with Crippen LogP contribution in [0, 0.1) is 13.8 Å². The minimum Gasteiger partial charge on any atom is -0.497 e. The summed E-state index contributed by atoms with van der Waals surface area (Å²) >= 11 is 0. The number of likely N-dealkylation sites (N-methyl/N-ethyl adjacent to an activating group) is 2. The molecule has 0 aromatic heterocycles. The molecule has 5 nitrogen and oxygen atoms in total. The lowest BCUT2D eigenvalue weighted by Crippen LogP contribution is -2.61. The van der Waals surface area contributed by atoms with Gasteiger partial charge in [-0.25, -0.2) is 0 Å². The highest BCUT2D eigenvalue weighted by molar-refractivity contribution is 5.95. The van der Waals surface area contributed by atoms with Crippen molar-refractivity contribution in [2.45, 2.75) is 39.8 Å². The summed E-state index contributed by atoms with van der Waals surface area (Å²) in [5.74, 6) is 0.798. The van der Waals surface area contributed by atoms with Crippen LogP contribution in [0.15, 0.2) is 12.1 Å². The van der Waals surface area contributed by atoms with Crippen LogP contribution in [-0.2, 0) is 4.79 Å². The van der Waals surface area contributed by atoms with Crippen LogP contribution in [0.2, 0.25) is 0 Å². The van der Waals surface area contributed by atoms with E-state index in [0.29, 0.717) is 4.48 Å². The Bertz CT molecular complexity index is 518. The molecule has 1 aromatic carbocycles. The van der Waals surface area contributed by atoms with Crippen molar-refractivity contribution < 1.29 is 14.0 Å². The van der Waals surface area contributed by atoms with Crippen LogP contribution >= 0.6 is 0 Å². The number of ether oxygens (including phenoxy) is 1. The molecule has 23 heavy (non-hydrogen) atoms. The SMILES string of the molecule is CCCC[N+](C)(C)C(NC)C(=O)Nc1c(C)cc(OC)cc1C. The van der Waals surface area contributed by atoms with E-state index in [2.05, 4.69) is 31.7 Å². The number of carbonyl (C=O) groups excluding carboxylic acids is 1. The van der Waals surface area contributed by atoms with Crippen LogP contribution in [-0.4, -0.2) is 51.4 Å². The molecular formula is C18H32N3O2+. The largest absolute Gasteiger partial charge is 0.497 e. The van der Waals surface area contributed by atoms with E-state index in [-0.39, 0.29) is 12.1 Å². The average Bonchev–Trinajstić information content (AvgIpc) is 2.49. The van der Waals surface area contributed by atoms with Gasteiger partial charge in [0.05, 0.1) is 27.7 Å². The normalized spacial score (nSPS) is 12.8. The monoisotopic (exact) mass is 322 g/mol. The summed E-state index contributed by atoms with van der Waals surface area (Å²) in [6.07, 6.45) is 1.93. The van der Waals surface area contributed by atoms with Gasteiger partial charge in [0.1, 0.15) is 5.75 Å². The molecule has 1 amide bonds. The first-order valence-corrected chi connectivity index (χ1v) is 8.22.